The molecule has 0 spiro atoms. The monoisotopic (exact) mass is 391 g/mol. The van der Waals surface area contributed by atoms with E-state index in [1.165, 1.54) is 12.1 Å². The van der Waals surface area contributed by atoms with Crippen LogP contribution in [0.25, 0.3) is 0 Å². The Morgan fingerprint density at radius 2 is 1.85 bits per heavy atom. The molecular formula is C18H18ClN3O5. The Morgan fingerprint density at radius 1 is 1.19 bits per heavy atom. The van der Waals surface area contributed by atoms with Crippen molar-refractivity contribution in [3.63, 3.8) is 0 Å². The zero-order chi connectivity index (χ0) is 20.0. The summed E-state index contributed by atoms with van der Waals surface area (Å²) in [6, 6.07) is 11.2. The molecule has 0 saturated heterocycles. The quantitative estimate of drug-likeness (QED) is 0.442. The van der Waals surface area contributed by atoms with Gasteiger partial charge >= 0.3 is 5.97 Å². The number of rotatable bonds is 7. The maximum atomic E-state index is 11.9. The van der Waals surface area contributed by atoms with Gasteiger partial charge in [-0.05, 0) is 29.8 Å². The van der Waals surface area contributed by atoms with Gasteiger partial charge in [-0.2, -0.15) is 0 Å². The van der Waals surface area contributed by atoms with Crippen LogP contribution >= 0.6 is 11.6 Å². The minimum Gasteiger partial charge on any atom is -0.452 e. The summed E-state index contributed by atoms with van der Waals surface area (Å²) in [5.74, 6) is -1.33. The van der Waals surface area contributed by atoms with Crippen LogP contribution in [-0.4, -0.2) is 37.5 Å². The Labute approximate surface area is 160 Å². The van der Waals surface area contributed by atoms with Crippen molar-refractivity contribution < 1.29 is 19.2 Å². The lowest BCUT2D eigenvalue weighted by Crippen LogP contribution is -2.28. The molecule has 2 aromatic carbocycles. The lowest BCUT2D eigenvalue weighted by atomic mass is 10.2. The third kappa shape index (κ3) is 5.68. The number of esters is 1. The Kier molecular flexibility index (Phi) is 6.73. The molecule has 0 aliphatic rings. The minimum atomic E-state index is -0.847. The first-order valence-corrected chi connectivity index (χ1v) is 8.29. The number of nitro benzene ring substituents is 1. The Balaban J connectivity index is 1.85. The third-order valence-electron chi connectivity index (χ3n) is 3.66. The first-order chi connectivity index (χ1) is 12.8. The van der Waals surface area contributed by atoms with Crippen LogP contribution < -0.4 is 10.2 Å². The molecule has 0 aromatic heterocycles. The summed E-state index contributed by atoms with van der Waals surface area (Å²) in [7, 11) is 3.86. The lowest BCUT2D eigenvalue weighted by molar-refractivity contribution is -0.384. The molecule has 9 heteroatoms. The zero-order valence-electron chi connectivity index (χ0n) is 14.8. The van der Waals surface area contributed by atoms with Crippen LogP contribution in [0, 0.1) is 10.1 Å². The summed E-state index contributed by atoms with van der Waals surface area (Å²) in [5.41, 5.74) is 1.47. The van der Waals surface area contributed by atoms with Crippen LogP contribution in [0.1, 0.15) is 15.9 Å². The number of anilines is 1. The van der Waals surface area contributed by atoms with Crippen molar-refractivity contribution in [2.24, 2.45) is 0 Å². The standard InChI is InChI=1S/C18H18ClN3O5/c1-21(2)14-6-3-12(4-7-14)10-20-17(23)11-27-18(24)13-5-8-15(19)16(9-13)22(25)26/h3-9H,10-11H2,1-2H3,(H,20,23). The van der Waals surface area contributed by atoms with E-state index in [9.17, 15) is 19.7 Å². The number of nitrogens with zero attached hydrogens (tertiary/aromatic N) is 2. The molecule has 1 N–H and O–H groups in total. The molecule has 0 fully saturated rings. The number of hydrogen-bond acceptors (Lipinski definition) is 6. The fourth-order valence-electron chi connectivity index (χ4n) is 2.16. The number of hydrogen-bond donors (Lipinski definition) is 1. The maximum Gasteiger partial charge on any atom is 0.338 e. The van der Waals surface area contributed by atoms with E-state index in [4.69, 9.17) is 16.3 Å². The number of carbonyl (C=O) groups is 2. The second-order valence-electron chi connectivity index (χ2n) is 5.84. The van der Waals surface area contributed by atoms with Gasteiger partial charge in [-0.1, -0.05) is 23.7 Å². The highest BCUT2D eigenvalue weighted by Crippen LogP contribution is 2.25. The van der Waals surface area contributed by atoms with Crippen LogP contribution in [0.5, 0.6) is 0 Å². The average Bonchev–Trinajstić information content (AvgIpc) is 2.64. The van der Waals surface area contributed by atoms with Gasteiger partial charge in [-0.3, -0.25) is 14.9 Å². The molecule has 0 radical (unpaired) electrons. The Bertz CT molecular complexity index is 853. The number of nitro groups is 1. The molecular weight excluding hydrogens is 374 g/mol. The van der Waals surface area contributed by atoms with Crippen LogP contribution in [0.4, 0.5) is 11.4 Å². The van der Waals surface area contributed by atoms with Gasteiger partial charge in [0.25, 0.3) is 11.6 Å². The molecule has 0 bridgehead atoms. The molecule has 27 heavy (non-hydrogen) atoms. The molecule has 2 aromatic rings. The topological polar surface area (TPSA) is 102 Å². The van der Waals surface area contributed by atoms with Gasteiger partial charge < -0.3 is 15.0 Å². The number of carbonyl (C=O) groups excluding carboxylic acids is 2. The van der Waals surface area contributed by atoms with E-state index >= 15 is 0 Å². The largest absolute Gasteiger partial charge is 0.452 e. The smallest absolute Gasteiger partial charge is 0.338 e. The van der Waals surface area contributed by atoms with Crippen molar-refractivity contribution in [2.75, 3.05) is 25.6 Å². The fraction of sp³-hybridized carbons (Fsp3) is 0.222. The first kappa shape index (κ1) is 20.2. The van der Waals surface area contributed by atoms with Crippen molar-refractivity contribution in [1.29, 1.82) is 0 Å². The average molecular weight is 392 g/mol. The van der Waals surface area contributed by atoms with Crippen molar-refractivity contribution in [2.45, 2.75) is 6.54 Å². The van der Waals surface area contributed by atoms with Crippen LogP contribution in [0.15, 0.2) is 42.5 Å². The number of benzene rings is 2. The van der Waals surface area contributed by atoms with Gasteiger partial charge in [0.1, 0.15) is 5.02 Å². The van der Waals surface area contributed by atoms with E-state index in [2.05, 4.69) is 5.32 Å². The van der Waals surface area contributed by atoms with Crippen molar-refractivity contribution in [1.82, 2.24) is 5.32 Å². The number of ether oxygens (including phenoxy) is 1. The normalized spacial score (nSPS) is 10.2. The number of amides is 1. The van der Waals surface area contributed by atoms with Gasteiger partial charge in [-0.25, -0.2) is 4.79 Å². The SMILES string of the molecule is CN(C)c1ccc(CNC(=O)COC(=O)c2ccc(Cl)c([N+](=O)[O-])c2)cc1. The van der Waals surface area contributed by atoms with Gasteiger partial charge in [0.05, 0.1) is 10.5 Å². The highest BCUT2D eigenvalue weighted by Gasteiger charge is 2.17. The van der Waals surface area contributed by atoms with E-state index in [-0.39, 0.29) is 17.1 Å². The molecule has 142 valence electrons. The predicted octanol–water partition coefficient (Wildman–Crippen LogP) is 2.79. The van der Waals surface area contributed by atoms with Crippen LogP contribution in [-0.2, 0) is 16.1 Å². The van der Waals surface area contributed by atoms with Gasteiger partial charge in [-0.15, -0.1) is 0 Å². The van der Waals surface area contributed by atoms with Crippen LogP contribution in [0.3, 0.4) is 0 Å². The van der Waals surface area contributed by atoms with Crippen molar-refractivity contribution in [3.05, 3.63) is 68.7 Å². The molecule has 0 atom stereocenters. The zero-order valence-corrected chi connectivity index (χ0v) is 15.5. The van der Waals surface area contributed by atoms with Crippen molar-refractivity contribution >= 4 is 34.9 Å². The molecule has 0 aliphatic heterocycles. The molecule has 1 amide bonds. The van der Waals surface area contributed by atoms with Gasteiger partial charge in [0, 0.05) is 32.4 Å². The lowest BCUT2D eigenvalue weighted by Gasteiger charge is -2.13. The summed E-state index contributed by atoms with van der Waals surface area (Å²) in [6.07, 6.45) is 0. The van der Waals surface area contributed by atoms with E-state index < -0.39 is 29.1 Å². The predicted molar refractivity (Wildman–Crippen MR) is 101 cm³/mol. The second-order valence-corrected chi connectivity index (χ2v) is 6.24. The third-order valence-corrected chi connectivity index (χ3v) is 3.97. The summed E-state index contributed by atoms with van der Waals surface area (Å²) < 4.78 is 4.88. The number of nitrogens with one attached hydrogen (secondary N) is 1. The first-order valence-electron chi connectivity index (χ1n) is 7.92. The summed E-state index contributed by atoms with van der Waals surface area (Å²) in [6.45, 7) is -0.207. The maximum absolute atomic E-state index is 11.9. The Morgan fingerprint density at radius 3 is 2.44 bits per heavy atom. The summed E-state index contributed by atoms with van der Waals surface area (Å²) in [4.78, 5) is 35.9. The Hall–Kier alpha value is -3.13. The summed E-state index contributed by atoms with van der Waals surface area (Å²) >= 11 is 5.69. The second kappa shape index (κ2) is 9.00. The molecule has 0 unspecified atom stereocenters. The van der Waals surface area contributed by atoms with E-state index in [0.717, 1.165) is 17.3 Å². The van der Waals surface area contributed by atoms with E-state index in [1.54, 1.807) is 0 Å². The van der Waals surface area contributed by atoms with E-state index in [1.807, 2.05) is 43.3 Å². The number of halogens is 1. The molecule has 0 heterocycles. The molecule has 0 saturated carbocycles. The highest BCUT2D eigenvalue weighted by molar-refractivity contribution is 6.32. The summed E-state index contributed by atoms with van der Waals surface area (Å²) in [5, 5.41) is 13.4. The highest BCUT2D eigenvalue weighted by atomic mass is 35.5. The molecule has 0 aliphatic carbocycles. The molecule has 8 nitrogen and oxygen atoms in total. The fourth-order valence-corrected chi connectivity index (χ4v) is 2.34. The van der Waals surface area contributed by atoms with Crippen molar-refractivity contribution in [3.8, 4) is 0 Å². The van der Waals surface area contributed by atoms with Gasteiger partial charge in [0.2, 0.25) is 0 Å². The van der Waals surface area contributed by atoms with Crippen LogP contribution in [0.2, 0.25) is 5.02 Å². The molecule has 2 rings (SSSR count). The minimum absolute atomic E-state index is 0.0572. The van der Waals surface area contributed by atoms with E-state index in [0.29, 0.717) is 0 Å². The van der Waals surface area contributed by atoms with Gasteiger partial charge in [0.15, 0.2) is 6.61 Å².